The summed E-state index contributed by atoms with van der Waals surface area (Å²) in [5, 5.41) is 28.4. The summed E-state index contributed by atoms with van der Waals surface area (Å²) >= 11 is 0. The molecule has 0 radical (unpaired) electrons. The first-order valence-electron chi connectivity index (χ1n) is 6.22. The Kier molecular flexibility index (Phi) is 6.51. The number of nitrogens with two attached hydrogens (primary N) is 3. The van der Waals surface area contributed by atoms with Gasteiger partial charge in [-0.15, -0.1) is 12.4 Å². The second kappa shape index (κ2) is 7.05. The molecule has 1 aliphatic carbocycles. The predicted molar refractivity (Wildman–Crippen MR) is 78.4 cm³/mol. The minimum absolute atomic E-state index is 0. The molecule has 0 aliphatic heterocycles. The maximum atomic E-state index is 11.7. The number of carboxylic acids is 3. The van der Waals surface area contributed by atoms with Gasteiger partial charge >= 0.3 is 17.9 Å². The van der Waals surface area contributed by atoms with E-state index in [2.05, 4.69) is 0 Å². The third kappa shape index (κ3) is 2.80. The van der Waals surface area contributed by atoms with E-state index in [1.807, 2.05) is 0 Å². The Morgan fingerprint density at radius 1 is 1.09 bits per heavy atom. The zero-order chi connectivity index (χ0) is 16.4. The molecule has 126 valence electrons. The van der Waals surface area contributed by atoms with E-state index in [1.54, 1.807) is 0 Å². The molecule has 0 aromatic heterocycles. The molecule has 1 rings (SSSR count). The molecule has 0 fully saturated rings. The molecule has 0 heterocycles. The lowest BCUT2D eigenvalue weighted by molar-refractivity contribution is -0.175. The van der Waals surface area contributed by atoms with Crippen LogP contribution in [0.1, 0.15) is 6.42 Å². The monoisotopic (exact) mass is 337 g/mol. The van der Waals surface area contributed by atoms with E-state index >= 15 is 0 Å². The van der Waals surface area contributed by atoms with Gasteiger partial charge in [-0.05, 0) is 6.42 Å². The average Bonchev–Trinajstić information content (AvgIpc) is 2.44. The predicted octanol–water partition coefficient (Wildman–Crippen LogP) is -1.54. The highest BCUT2D eigenvalue weighted by atomic mass is 35.5. The first-order valence-corrected chi connectivity index (χ1v) is 6.22. The number of halogens is 1. The van der Waals surface area contributed by atoms with Crippen LogP contribution in [0, 0.1) is 16.7 Å². The van der Waals surface area contributed by atoms with Crippen LogP contribution < -0.4 is 17.2 Å². The van der Waals surface area contributed by atoms with Crippen molar-refractivity contribution in [3.63, 3.8) is 0 Å². The quantitative estimate of drug-likeness (QED) is 0.312. The molecular weight excluding hydrogens is 318 g/mol. The summed E-state index contributed by atoms with van der Waals surface area (Å²) in [7, 11) is 0. The van der Waals surface area contributed by atoms with Crippen molar-refractivity contribution >= 4 is 30.3 Å². The van der Waals surface area contributed by atoms with Crippen molar-refractivity contribution in [2.24, 2.45) is 33.9 Å². The van der Waals surface area contributed by atoms with Crippen molar-refractivity contribution in [1.82, 2.24) is 0 Å². The van der Waals surface area contributed by atoms with Crippen molar-refractivity contribution in [2.75, 3.05) is 19.6 Å². The second-order valence-corrected chi connectivity index (χ2v) is 5.17. The lowest BCUT2D eigenvalue weighted by Crippen LogP contribution is -2.61. The number of rotatable bonds is 6. The summed E-state index contributed by atoms with van der Waals surface area (Å²) in [5.74, 6) is -6.34. The van der Waals surface area contributed by atoms with Gasteiger partial charge in [0.05, 0.1) is 11.3 Å². The third-order valence-corrected chi connectivity index (χ3v) is 4.11. The van der Waals surface area contributed by atoms with Crippen molar-refractivity contribution in [2.45, 2.75) is 6.42 Å². The Morgan fingerprint density at radius 3 is 1.91 bits per heavy atom. The molecule has 1 aliphatic rings. The topological polar surface area (TPSA) is 190 Å². The van der Waals surface area contributed by atoms with Crippen LogP contribution in [0.3, 0.4) is 0 Å². The van der Waals surface area contributed by atoms with Crippen LogP contribution in [0.5, 0.6) is 0 Å². The third-order valence-electron chi connectivity index (χ3n) is 4.11. The van der Waals surface area contributed by atoms with Crippen LogP contribution in [0.25, 0.3) is 0 Å². The molecule has 0 aromatic carbocycles. The SMILES string of the molecule is Cl.NCC1=CC(CN)(C(=O)O)C(C(=O)O)C(CN)(C(=O)O)C1. The Labute approximate surface area is 132 Å². The molecule has 0 bridgehead atoms. The van der Waals surface area contributed by atoms with Gasteiger partial charge in [-0.25, -0.2) is 0 Å². The lowest BCUT2D eigenvalue weighted by Gasteiger charge is -2.46. The van der Waals surface area contributed by atoms with Crippen molar-refractivity contribution < 1.29 is 29.7 Å². The fraction of sp³-hybridized carbons (Fsp3) is 0.583. The van der Waals surface area contributed by atoms with Crippen LogP contribution in [0.15, 0.2) is 11.6 Å². The number of hydrogen-bond acceptors (Lipinski definition) is 6. The molecule has 10 heteroatoms. The van der Waals surface area contributed by atoms with Gasteiger partial charge in [0.2, 0.25) is 0 Å². The summed E-state index contributed by atoms with van der Waals surface area (Å²) in [5.41, 5.74) is 12.8. The van der Waals surface area contributed by atoms with E-state index < -0.39 is 47.7 Å². The molecule has 3 atom stereocenters. The van der Waals surface area contributed by atoms with Gasteiger partial charge in [-0.3, -0.25) is 14.4 Å². The lowest BCUT2D eigenvalue weighted by atomic mass is 9.55. The number of carbonyl (C=O) groups is 3. The smallest absolute Gasteiger partial charge is 0.315 e. The van der Waals surface area contributed by atoms with Crippen LogP contribution in [-0.2, 0) is 14.4 Å². The van der Waals surface area contributed by atoms with Crippen LogP contribution in [0.2, 0.25) is 0 Å². The molecule has 9 N–H and O–H groups in total. The molecule has 0 amide bonds. The minimum atomic E-state index is -2.06. The number of carboxylic acid groups (broad SMARTS) is 3. The van der Waals surface area contributed by atoms with Crippen LogP contribution >= 0.6 is 12.4 Å². The zero-order valence-corrected chi connectivity index (χ0v) is 12.5. The number of hydrogen-bond donors (Lipinski definition) is 6. The van der Waals surface area contributed by atoms with Gasteiger partial charge in [-0.1, -0.05) is 11.6 Å². The molecule has 0 aromatic rings. The van der Waals surface area contributed by atoms with Gasteiger partial charge in [0.1, 0.15) is 5.41 Å². The fourth-order valence-electron chi connectivity index (χ4n) is 3.01. The van der Waals surface area contributed by atoms with Gasteiger partial charge in [-0.2, -0.15) is 0 Å². The first kappa shape index (κ1) is 20.3. The highest BCUT2D eigenvalue weighted by molar-refractivity contribution is 5.92. The maximum Gasteiger partial charge on any atom is 0.315 e. The zero-order valence-electron chi connectivity index (χ0n) is 11.7. The number of aliphatic carboxylic acids is 3. The highest BCUT2D eigenvalue weighted by Crippen LogP contribution is 2.50. The van der Waals surface area contributed by atoms with E-state index in [1.165, 1.54) is 6.08 Å². The van der Waals surface area contributed by atoms with Gasteiger partial charge < -0.3 is 32.5 Å². The summed E-state index contributed by atoms with van der Waals surface area (Å²) in [6.07, 6.45) is 0.951. The minimum Gasteiger partial charge on any atom is -0.481 e. The van der Waals surface area contributed by atoms with Gasteiger partial charge in [0.25, 0.3) is 0 Å². The van der Waals surface area contributed by atoms with E-state index in [9.17, 15) is 29.7 Å². The fourth-order valence-corrected chi connectivity index (χ4v) is 3.01. The van der Waals surface area contributed by atoms with E-state index in [0.29, 0.717) is 5.57 Å². The van der Waals surface area contributed by atoms with E-state index in [4.69, 9.17) is 17.2 Å². The van der Waals surface area contributed by atoms with Crippen molar-refractivity contribution in [1.29, 1.82) is 0 Å². The summed E-state index contributed by atoms with van der Waals surface area (Å²) in [6.45, 7) is -1.21. The highest BCUT2D eigenvalue weighted by Gasteiger charge is 2.63. The molecule has 9 nitrogen and oxygen atoms in total. The Morgan fingerprint density at radius 2 is 1.64 bits per heavy atom. The summed E-state index contributed by atoms with van der Waals surface area (Å²) in [4.78, 5) is 34.9. The summed E-state index contributed by atoms with van der Waals surface area (Å²) in [6, 6.07) is 0. The molecule has 3 unspecified atom stereocenters. The van der Waals surface area contributed by atoms with Crippen LogP contribution in [0.4, 0.5) is 0 Å². The molecule has 22 heavy (non-hydrogen) atoms. The molecule has 0 saturated carbocycles. The van der Waals surface area contributed by atoms with E-state index in [-0.39, 0.29) is 25.4 Å². The van der Waals surface area contributed by atoms with Crippen molar-refractivity contribution in [3.8, 4) is 0 Å². The second-order valence-electron chi connectivity index (χ2n) is 5.17. The standard InChI is InChI=1S/C12H19N3O6.ClH/c13-3-6-1-11(4-14,9(18)19)7(8(16)17)12(2-6,5-15)10(20)21;/h1,7H,2-5,13-15H2,(H,16,17)(H,18,19)(H,20,21);1H. The van der Waals surface area contributed by atoms with Crippen LogP contribution in [-0.4, -0.2) is 52.9 Å². The Bertz CT molecular complexity index is 511. The average molecular weight is 338 g/mol. The largest absolute Gasteiger partial charge is 0.481 e. The van der Waals surface area contributed by atoms with Crippen molar-refractivity contribution in [3.05, 3.63) is 11.6 Å². The summed E-state index contributed by atoms with van der Waals surface area (Å²) < 4.78 is 0. The molecular formula is C12H20ClN3O6. The normalized spacial score (nSPS) is 30.9. The van der Waals surface area contributed by atoms with Gasteiger partial charge in [0, 0.05) is 19.6 Å². The molecule has 0 spiro atoms. The van der Waals surface area contributed by atoms with Gasteiger partial charge in [0.15, 0.2) is 0 Å². The maximum absolute atomic E-state index is 11.7. The van der Waals surface area contributed by atoms with E-state index in [0.717, 1.165) is 0 Å². The molecule has 0 saturated heterocycles. The Hall–Kier alpha value is -1.68. The Balaban J connectivity index is 0.00000441. The first-order chi connectivity index (χ1) is 9.71.